The SMILES string of the molecule is COCCC(=O)c1cccc(OC)c1F. The molecular weight excluding hydrogens is 199 g/mol. The van der Waals surface area contributed by atoms with Crippen molar-refractivity contribution in [3.05, 3.63) is 29.6 Å². The Morgan fingerprint density at radius 1 is 1.40 bits per heavy atom. The molecule has 0 spiro atoms. The lowest BCUT2D eigenvalue weighted by molar-refractivity contribution is 0.0927. The Morgan fingerprint density at radius 2 is 2.13 bits per heavy atom. The number of halogens is 1. The van der Waals surface area contributed by atoms with Crippen LogP contribution in [0.3, 0.4) is 0 Å². The van der Waals surface area contributed by atoms with Crippen molar-refractivity contribution in [2.75, 3.05) is 20.8 Å². The van der Waals surface area contributed by atoms with E-state index < -0.39 is 5.82 Å². The van der Waals surface area contributed by atoms with Gasteiger partial charge in [0.05, 0.1) is 19.3 Å². The van der Waals surface area contributed by atoms with Crippen LogP contribution < -0.4 is 4.74 Å². The summed E-state index contributed by atoms with van der Waals surface area (Å²) >= 11 is 0. The second-order valence-corrected chi connectivity index (χ2v) is 2.99. The predicted octanol–water partition coefficient (Wildman–Crippen LogP) is 2.05. The van der Waals surface area contributed by atoms with Crippen molar-refractivity contribution in [1.29, 1.82) is 0 Å². The first-order valence-electron chi connectivity index (χ1n) is 4.55. The fourth-order valence-corrected chi connectivity index (χ4v) is 1.21. The molecule has 1 rings (SSSR count). The maximum atomic E-state index is 13.6. The first-order valence-corrected chi connectivity index (χ1v) is 4.55. The highest BCUT2D eigenvalue weighted by atomic mass is 19.1. The molecule has 15 heavy (non-hydrogen) atoms. The number of carbonyl (C=O) groups is 1. The quantitative estimate of drug-likeness (QED) is 0.701. The first kappa shape index (κ1) is 11.7. The zero-order valence-corrected chi connectivity index (χ0v) is 8.75. The van der Waals surface area contributed by atoms with E-state index in [1.165, 1.54) is 26.4 Å². The van der Waals surface area contributed by atoms with Crippen LogP contribution in [-0.4, -0.2) is 26.6 Å². The molecule has 0 atom stereocenters. The highest BCUT2D eigenvalue weighted by molar-refractivity contribution is 5.96. The van der Waals surface area contributed by atoms with Crippen LogP contribution in [0.25, 0.3) is 0 Å². The van der Waals surface area contributed by atoms with Gasteiger partial charge in [-0.3, -0.25) is 4.79 Å². The Bertz CT molecular complexity index is 350. The molecule has 0 radical (unpaired) electrons. The van der Waals surface area contributed by atoms with Crippen molar-refractivity contribution in [1.82, 2.24) is 0 Å². The van der Waals surface area contributed by atoms with E-state index in [0.29, 0.717) is 0 Å². The number of methoxy groups -OCH3 is 2. The second-order valence-electron chi connectivity index (χ2n) is 2.99. The summed E-state index contributed by atoms with van der Waals surface area (Å²) in [5.41, 5.74) is 0.0476. The monoisotopic (exact) mass is 212 g/mol. The lowest BCUT2D eigenvalue weighted by Gasteiger charge is -2.06. The van der Waals surface area contributed by atoms with Crippen LogP contribution >= 0.6 is 0 Å². The van der Waals surface area contributed by atoms with E-state index in [9.17, 15) is 9.18 Å². The van der Waals surface area contributed by atoms with Crippen LogP contribution in [0.4, 0.5) is 4.39 Å². The molecule has 82 valence electrons. The number of benzene rings is 1. The average molecular weight is 212 g/mol. The van der Waals surface area contributed by atoms with Crippen molar-refractivity contribution < 1.29 is 18.7 Å². The fourth-order valence-electron chi connectivity index (χ4n) is 1.21. The van der Waals surface area contributed by atoms with Gasteiger partial charge in [-0.25, -0.2) is 4.39 Å². The molecular formula is C11H13FO3. The summed E-state index contributed by atoms with van der Waals surface area (Å²) in [4.78, 5) is 11.5. The minimum Gasteiger partial charge on any atom is -0.494 e. The van der Waals surface area contributed by atoms with E-state index in [1.54, 1.807) is 6.07 Å². The molecule has 0 aliphatic rings. The number of hydrogen-bond donors (Lipinski definition) is 0. The van der Waals surface area contributed by atoms with Crippen LogP contribution in [-0.2, 0) is 4.74 Å². The molecule has 0 unspecified atom stereocenters. The van der Waals surface area contributed by atoms with Crippen molar-refractivity contribution >= 4 is 5.78 Å². The van der Waals surface area contributed by atoms with Gasteiger partial charge in [0.15, 0.2) is 17.3 Å². The number of ether oxygens (including phenoxy) is 2. The molecule has 1 aromatic carbocycles. The lowest BCUT2D eigenvalue weighted by atomic mass is 10.1. The molecule has 0 saturated carbocycles. The zero-order chi connectivity index (χ0) is 11.3. The molecule has 0 N–H and O–H groups in total. The van der Waals surface area contributed by atoms with E-state index in [1.807, 2.05) is 0 Å². The maximum absolute atomic E-state index is 13.6. The molecule has 0 saturated heterocycles. The summed E-state index contributed by atoms with van der Waals surface area (Å²) in [6.45, 7) is 0.287. The lowest BCUT2D eigenvalue weighted by Crippen LogP contribution is -2.06. The topological polar surface area (TPSA) is 35.5 Å². The first-order chi connectivity index (χ1) is 7.20. The van der Waals surface area contributed by atoms with Gasteiger partial charge in [-0.2, -0.15) is 0 Å². The highest BCUT2D eigenvalue weighted by Gasteiger charge is 2.14. The molecule has 0 amide bonds. The predicted molar refractivity (Wildman–Crippen MR) is 53.8 cm³/mol. The maximum Gasteiger partial charge on any atom is 0.175 e. The van der Waals surface area contributed by atoms with Crippen LogP contribution in [0.2, 0.25) is 0 Å². The Kier molecular flexibility index (Phi) is 4.24. The molecule has 3 nitrogen and oxygen atoms in total. The third-order valence-corrected chi connectivity index (χ3v) is 2.02. The minimum absolute atomic E-state index is 0.0476. The number of rotatable bonds is 5. The summed E-state index contributed by atoms with van der Waals surface area (Å²) in [7, 11) is 2.86. The van der Waals surface area contributed by atoms with E-state index in [2.05, 4.69) is 0 Å². The van der Waals surface area contributed by atoms with Crippen molar-refractivity contribution in [3.63, 3.8) is 0 Å². The number of hydrogen-bond acceptors (Lipinski definition) is 3. The molecule has 1 aromatic rings. The summed E-state index contributed by atoms with van der Waals surface area (Å²) in [6.07, 6.45) is 0.167. The average Bonchev–Trinajstić information content (AvgIpc) is 2.26. The van der Waals surface area contributed by atoms with Crippen molar-refractivity contribution in [2.45, 2.75) is 6.42 Å². The Morgan fingerprint density at radius 3 is 2.73 bits per heavy atom. The van der Waals surface area contributed by atoms with Crippen LogP contribution in [0.5, 0.6) is 5.75 Å². The van der Waals surface area contributed by atoms with Gasteiger partial charge in [0.25, 0.3) is 0 Å². The summed E-state index contributed by atoms with van der Waals surface area (Å²) in [5.74, 6) is -0.812. The summed E-state index contributed by atoms with van der Waals surface area (Å²) in [6, 6.07) is 4.50. The van der Waals surface area contributed by atoms with E-state index in [0.717, 1.165) is 0 Å². The van der Waals surface area contributed by atoms with Gasteiger partial charge < -0.3 is 9.47 Å². The van der Waals surface area contributed by atoms with Crippen LogP contribution in [0, 0.1) is 5.82 Å². The third-order valence-electron chi connectivity index (χ3n) is 2.02. The van der Waals surface area contributed by atoms with E-state index in [-0.39, 0.29) is 30.1 Å². The molecule has 0 aromatic heterocycles. The van der Waals surface area contributed by atoms with Gasteiger partial charge in [-0.05, 0) is 12.1 Å². The number of ketones is 1. The standard InChI is InChI=1S/C11H13FO3/c1-14-7-6-9(13)8-4-3-5-10(15-2)11(8)12/h3-5H,6-7H2,1-2H3. The van der Waals surface area contributed by atoms with Crippen molar-refractivity contribution in [2.24, 2.45) is 0 Å². The second kappa shape index (κ2) is 5.46. The minimum atomic E-state index is -0.610. The number of Topliss-reactive ketones (excluding diaryl/α,β-unsaturated/α-hetero) is 1. The van der Waals surface area contributed by atoms with Gasteiger partial charge in [0, 0.05) is 13.5 Å². The fraction of sp³-hybridized carbons (Fsp3) is 0.364. The molecule has 0 aliphatic carbocycles. The normalized spacial score (nSPS) is 10.1. The smallest absolute Gasteiger partial charge is 0.175 e. The van der Waals surface area contributed by atoms with Gasteiger partial charge in [0.2, 0.25) is 0 Å². The van der Waals surface area contributed by atoms with E-state index >= 15 is 0 Å². The third kappa shape index (κ3) is 2.76. The molecule has 0 fully saturated rings. The van der Waals surface area contributed by atoms with Crippen LogP contribution in [0.15, 0.2) is 18.2 Å². The zero-order valence-electron chi connectivity index (χ0n) is 8.75. The molecule has 0 heterocycles. The molecule has 0 bridgehead atoms. The Balaban J connectivity index is 2.89. The van der Waals surface area contributed by atoms with E-state index in [4.69, 9.17) is 9.47 Å². The highest BCUT2D eigenvalue weighted by Crippen LogP contribution is 2.20. The van der Waals surface area contributed by atoms with Gasteiger partial charge >= 0.3 is 0 Å². The van der Waals surface area contributed by atoms with Crippen LogP contribution in [0.1, 0.15) is 16.8 Å². The summed E-state index contributed by atoms with van der Waals surface area (Å²) < 4.78 is 23.1. The Labute approximate surface area is 87.8 Å². The molecule has 0 aliphatic heterocycles. The van der Waals surface area contributed by atoms with Gasteiger partial charge in [0.1, 0.15) is 0 Å². The van der Waals surface area contributed by atoms with Gasteiger partial charge in [-0.15, -0.1) is 0 Å². The van der Waals surface area contributed by atoms with Gasteiger partial charge in [-0.1, -0.05) is 6.07 Å². The largest absolute Gasteiger partial charge is 0.494 e. The number of carbonyl (C=O) groups excluding carboxylic acids is 1. The molecule has 4 heteroatoms. The summed E-state index contributed by atoms with van der Waals surface area (Å²) in [5, 5.41) is 0. The van der Waals surface area contributed by atoms with Crippen molar-refractivity contribution in [3.8, 4) is 5.75 Å². The Hall–Kier alpha value is -1.42.